The van der Waals surface area contributed by atoms with E-state index in [-0.39, 0.29) is 68.8 Å². The molecule has 6 rings (SSSR count). The van der Waals surface area contributed by atoms with E-state index in [9.17, 15) is 28.8 Å². The van der Waals surface area contributed by atoms with Gasteiger partial charge in [0.2, 0.25) is 0 Å². The zero-order valence-corrected chi connectivity index (χ0v) is 40.2. The molecule has 358 valence electrons. The van der Waals surface area contributed by atoms with Crippen molar-refractivity contribution < 1.29 is 62.9 Å². The third-order valence-electron chi connectivity index (χ3n) is 9.74. The van der Waals surface area contributed by atoms with Crippen LogP contribution in [-0.2, 0) is 62.9 Å². The Balaban J connectivity index is 0.000000345. The van der Waals surface area contributed by atoms with Gasteiger partial charge >= 0.3 is 0 Å². The first kappa shape index (κ1) is 57.3. The number of hydrogen-bond acceptors (Lipinski definition) is 12. The summed E-state index contributed by atoms with van der Waals surface area (Å²) in [6.07, 6.45) is 58.1. The Labute approximate surface area is 421 Å². The van der Waals surface area contributed by atoms with Crippen molar-refractivity contribution in [3.05, 3.63) is 216 Å². The van der Waals surface area contributed by atoms with E-state index in [0.29, 0.717) is 33.4 Å². The molecule has 6 aliphatic rings. The first-order chi connectivity index (χ1) is 32.3. The number of allylic oxidation sites excluding steroid dienone is 30. The minimum Gasteiger partial charge on any atom is -0.390 e. The molecule has 0 saturated heterocycles. The molecule has 0 aromatic rings. The number of ketones is 6. The van der Waals surface area contributed by atoms with Crippen molar-refractivity contribution in [3.8, 4) is 0 Å². The molecule has 0 unspecified atom stereocenters. The molecule has 0 fully saturated rings. The Morgan fingerprint density at radius 3 is 0.500 bits per heavy atom. The fraction of sp³-hybridized carbons (Fsp3) is 0.222. The second kappa shape index (κ2) is 35.4. The van der Waals surface area contributed by atoms with Crippen molar-refractivity contribution in [2.45, 2.75) is 38.5 Å². The zero-order valence-electron chi connectivity index (χ0n) is 38.0. The maximum absolute atomic E-state index is 11.5. The molecule has 0 aliphatic heterocycles. The molecule has 0 saturated carbocycles. The largest absolute Gasteiger partial charge is 0.390 e. The predicted molar refractivity (Wildman–Crippen MR) is 264 cm³/mol. The molecular weight excluding hydrogens is 940 g/mol. The third kappa shape index (κ3) is 23.6. The number of unbranched alkanes of at least 4 members (excludes halogenated alkanes) is 3. The molecular formula is C54H60Fe2N6O6. The normalized spacial score (nSPS) is 19.6. The summed E-state index contributed by atoms with van der Waals surface area (Å²) in [7, 11) is 0. The van der Waals surface area contributed by atoms with E-state index in [2.05, 4.69) is 31.9 Å². The molecule has 0 bridgehead atoms. The summed E-state index contributed by atoms with van der Waals surface area (Å²) in [4.78, 5) is 68.9. The van der Waals surface area contributed by atoms with Crippen molar-refractivity contribution in [1.29, 1.82) is 0 Å². The van der Waals surface area contributed by atoms with Gasteiger partial charge in [0.15, 0.2) is 34.7 Å². The standard InChI is InChI=1S/3C18H20N2O2.2Fe/c3*21-17-9-3-1-7-15(17)13-19-11-5-6-12-20-14-16-8-2-4-10-18(16)22;;/h3*1-4,7-10,13-14,19-20H,5-6,11-12H2;;. The van der Waals surface area contributed by atoms with Gasteiger partial charge in [0.05, 0.1) is 0 Å². The molecule has 14 heteroatoms. The fourth-order valence-electron chi connectivity index (χ4n) is 6.05. The molecule has 0 aromatic heterocycles. The van der Waals surface area contributed by atoms with Crippen molar-refractivity contribution in [3.63, 3.8) is 0 Å². The van der Waals surface area contributed by atoms with E-state index in [1.54, 1.807) is 147 Å². The fourth-order valence-corrected chi connectivity index (χ4v) is 6.05. The summed E-state index contributed by atoms with van der Waals surface area (Å²) in [6.45, 7) is 4.88. The molecule has 68 heavy (non-hydrogen) atoms. The molecule has 0 spiro atoms. The topological polar surface area (TPSA) is 175 Å². The van der Waals surface area contributed by atoms with Gasteiger partial charge in [-0.3, -0.25) is 28.8 Å². The minimum atomic E-state index is 0. The van der Waals surface area contributed by atoms with E-state index < -0.39 is 0 Å². The summed E-state index contributed by atoms with van der Waals surface area (Å²) < 4.78 is 0. The third-order valence-corrected chi connectivity index (χ3v) is 9.74. The van der Waals surface area contributed by atoms with Crippen LogP contribution in [-0.4, -0.2) is 74.0 Å². The number of rotatable bonds is 21. The van der Waals surface area contributed by atoms with Gasteiger partial charge in [0, 0.05) is 144 Å². The number of nitrogens with one attached hydrogen (secondary N) is 6. The van der Waals surface area contributed by atoms with E-state index >= 15 is 0 Å². The second-order valence-electron chi connectivity index (χ2n) is 14.9. The van der Waals surface area contributed by atoms with E-state index in [4.69, 9.17) is 0 Å². The van der Waals surface area contributed by atoms with Crippen molar-refractivity contribution in [2.24, 2.45) is 0 Å². The Morgan fingerprint density at radius 2 is 0.368 bits per heavy atom. The van der Waals surface area contributed by atoms with Gasteiger partial charge in [-0.25, -0.2) is 0 Å². The van der Waals surface area contributed by atoms with Crippen LogP contribution in [0.2, 0.25) is 0 Å². The van der Waals surface area contributed by atoms with Crippen LogP contribution in [0.5, 0.6) is 0 Å². The molecule has 0 amide bonds. The Morgan fingerprint density at radius 1 is 0.235 bits per heavy atom. The first-order valence-corrected chi connectivity index (χ1v) is 22.3. The van der Waals surface area contributed by atoms with E-state index in [1.165, 1.54) is 0 Å². The van der Waals surface area contributed by atoms with Crippen LogP contribution in [0.1, 0.15) is 38.5 Å². The summed E-state index contributed by atoms with van der Waals surface area (Å²) in [5, 5.41) is 18.9. The molecule has 0 aromatic carbocycles. The van der Waals surface area contributed by atoms with Gasteiger partial charge < -0.3 is 31.9 Å². The van der Waals surface area contributed by atoms with Crippen LogP contribution in [0.15, 0.2) is 216 Å². The minimum absolute atomic E-state index is 0. The van der Waals surface area contributed by atoms with Crippen LogP contribution in [0.4, 0.5) is 0 Å². The zero-order chi connectivity index (χ0) is 46.9. The molecule has 6 N–H and O–H groups in total. The number of carbonyl (C=O) groups is 6. The monoisotopic (exact) mass is 1000 g/mol. The smallest absolute Gasteiger partial charge is 0.187 e. The van der Waals surface area contributed by atoms with E-state index in [0.717, 1.165) is 77.8 Å². The SMILES string of the molecule is O=C1C=CC=CC1=CNCCCCNC=C1C=CC=CC1=O.O=C1C=CC=CC1=CNCCCCNC=C1C=CC=CC1=O.O=C1C=CC=CC1=CNCCCCNC=C1C=CC=CC1=O.[Fe].[Fe]. The average molecular weight is 1000 g/mol. The Hall–Kier alpha value is -6.82. The summed E-state index contributed by atoms with van der Waals surface area (Å²) in [5.74, 6) is 0.181. The number of hydrogen-bond donors (Lipinski definition) is 6. The van der Waals surface area contributed by atoms with E-state index in [1.807, 2.05) is 36.5 Å². The van der Waals surface area contributed by atoms with Gasteiger partial charge in [-0.2, -0.15) is 0 Å². The first-order valence-electron chi connectivity index (χ1n) is 22.3. The van der Waals surface area contributed by atoms with Crippen molar-refractivity contribution >= 4 is 34.7 Å². The quantitative estimate of drug-likeness (QED) is 0.0431. The van der Waals surface area contributed by atoms with Crippen LogP contribution >= 0.6 is 0 Å². The van der Waals surface area contributed by atoms with Crippen LogP contribution in [0.25, 0.3) is 0 Å². The Kier molecular flexibility index (Phi) is 29.8. The van der Waals surface area contributed by atoms with Crippen molar-refractivity contribution in [1.82, 2.24) is 31.9 Å². The van der Waals surface area contributed by atoms with Crippen LogP contribution in [0, 0.1) is 0 Å². The summed E-state index contributed by atoms with van der Waals surface area (Å²) >= 11 is 0. The maximum Gasteiger partial charge on any atom is 0.187 e. The average Bonchev–Trinajstić information content (AvgIpc) is 3.33. The molecule has 12 nitrogen and oxygen atoms in total. The van der Waals surface area contributed by atoms with Crippen LogP contribution < -0.4 is 31.9 Å². The van der Waals surface area contributed by atoms with Gasteiger partial charge in [0.25, 0.3) is 0 Å². The van der Waals surface area contributed by atoms with Crippen LogP contribution in [0.3, 0.4) is 0 Å². The molecule has 0 heterocycles. The van der Waals surface area contributed by atoms with Gasteiger partial charge in [-0.15, -0.1) is 0 Å². The summed E-state index contributed by atoms with van der Waals surface area (Å²) in [6, 6.07) is 0. The molecule has 6 aliphatic carbocycles. The molecule has 0 atom stereocenters. The molecule has 0 radical (unpaired) electrons. The van der Waals surface area contributed by atoms with Gasteiger partial charge in [-0.1, -0.05) is 72.9 Å². The van der Waals surface area contributed by atoms with Crippen molar-refractivity contribution in [2.75, 3.05) is 39.3 Å². The predicted octanol–water partition coefficient (Wildman–Crippen LogP) is 6.31. The summed E-state index contributed by atoms with van der Waals surface area (Å²) in [5.41, 5.74) is 4.09. The number of carbonyl (C=O) groups excluding carboxylic acids is 6. The van der Waals surface area contributed by atoms with Gasteiger partial charge in [0.1, 0.15) is 0 Å². The Bertz CT molecular complexity index is 1920. The maximum atomic E-state index is 11.5. The second-order valence-corrected chi connectivity index (χ2v) is 14.9. The van der Waals surface area contributed by atoms with Gasteiger partial charge in [-0.05, 0) is 111 Å².